The molecule has 0 saturated heterocycles. The van der Waals surface area contributed by atoms with Crippen molar-refractivity contribution in [1.29, 1.82) is 0 Å². The third kappa shape index (κ3) is 6.70. The van der Waals surface area contributed by atoms with E-state index in [2.05, 4.69) is 51.3 Å². The quantitative estimate of drug-likeness (QED) is 0.205. The molecule has 0 aromatic carbocycles. The van der Waals surface area contributed by atoms with Gasteiger partial charge in [0.1, 0.15) is 6.10 Å². The van der Waals surface area contributed by atoms with Gasteiger partial charge in [-0.15, -0.1) is 0 Å². The molecule has 8 atom stereocenters. The van der Waals surface area contributed by atoms with Crippen molar-refractivity contribution >= 4 is 12.0 Å². The summed E-state index contributed by atoms with van der Waals surface area (Å²) in [5.74, 6) is 5.10. The summed E-state index contributed by atoms with van der Waals surface area (Å²) in [6.45, 7) is 15.3. The summed E-state index contributed by atoms with van der Waals surface area (Å²) in [7, 11) is 0. The van der Waals surface area contributed by atoms with Crippen LogP contribution >= 0.6 is 0 Å². The first-order chi connectivity index (χ1) is 18.6. The monoisotopic (exact) mass is 542 g/mol. The van der Waals surface area contributed by atoms with Crippen molar-refractivity contribution in [3.63, 3.8) is 0 Å². The Morgan fingerprint density at radius 2 is 1.77 bits per heavy atom. The van der Waals surface area contributed by atoms with Crippen molar-refractivity contribution in [2.45, 2.75) is 131 Å². The Morgan fingerprint density at radius 1 is 1.00 bits per heavy atom. The van der Waals surface area contributed by atoms with Crippen LogP contribution in [0, 0.1) is 46.3 Å². The predicted octanol–water partition coefficient (Wildman–Crippen LogP) is 8.04. The largest absolute Gasteiger partial charge is 0.446 e. The van der Waals surface area contributed by atoms with Crippen molar-refractivity contribution in [1.82, 2.24) is 10.6 Å². The first-order valence-electron chi connectivity index (χ1n) is 16.5. The molecule has 4 rings (SSSR count). The zero-order chi connectivity index (χ0) is 28.2. The minimum atomic E-state index is -0.351. The minimum absolute atomic E-state index is 0.0352. The fourth-order valence-corrected chi connectivity index (χ4v) is 9.63. The fraction of sp³-hybridized carbons (Fsp3) is 0.882. The molecule has 39 heavy (non-hydrogen) atoms. The third-order valence-electron chi connectivity index (χ3n) is 11.7. The van der Waals surface area contributed by atoms with Gasteiger partial charge in [-0.05, 0) is 97.7 Å². The topological polar surface area (TPSA) is 67.4 Å². The van der Waals surface area contributed by atoms with Crippen molar-refractivity contribution in [2.24, 2.45) is 46.3 Å². The summed E-state index contributed by atoms with van der Waals surface area (Å²) in [6.07, 6.45) is 17.5. The van der Waals surface area contributed by atoms with E-state index in [1.807, 2.05) is 6.92 Å². The van der Waals surface area contributed by atoms with E-state index in [4.69, 9.17) is 4.74 Å². The Kier molecular flexibility index (Phi) is 10.1. The predicted molar refractivity (Wildman–Crippen MR) is 159 cm³/mol. The van der Waals surface area contributed by atoms with Crippen molar-refractivity contribution in [3.8, 4) is 0 Å². The molecule has 4 aliphatic carbocycles. The lowest BCUT2D eigenvalue weighted by Crippen LogP contribution is -2.51. The van der Waals surface area contributed by atoms with Gasteiger partial charge in [0.2, 0.25) is 5.91 Å². The van der Waals surface area contributed by atoms with Crippen LogP contribution in [0.15, 0.2) is 11.6 Å². The van der Waals surface area contributed by atoms with E-state index in [0.29, 0.717) is 24.9 Å². The van der Waals surface area contributed by atoms with Gasteiger partial charge in [0.05, 0.1) is 0 Å². The Bertz CT molecular complexity index is 884. The van der Waals surface area contributed by atoms with Gasteiger partial charge in [-0.2, -0.15) is 0 Å². The molecule has 5 heteroatoms. The van der Waals surface area contributed by atoms with Crippen LogP contribution in [0.25, 0.3) is 0 Å². The van der Waals surface area contributed by atoms with E-state index in [-0.39, 0.29) is 23.5 Å². The lowest BCUT2D eigenvalue weighted by Gasteiger charge is -2.58. The number of allylic oxidation sites excluding steroid dienone is 1. The Hall–Kier alpha value is -1.52. The molecule has 0 radical (unpaired) electrons. The van der Waals surface area contributed by atoms with Gasteiger partial charge in [0.15, 0.2) is 0 Å². The van der Waals surface area contributed by atoms with Gasteiger partial charge in [0, 0.05) is 25.9 Å². The normalized spacial score (nSPS) is 36.3. The first kappa shape index (κ1) is 30.4. The average molecular weight is 543 g/mol. The van der Waals surface area contributed by atoms with Crippen LogP contribution < -0.4 is 10.6 Å². The SMILES string of the molecule is CCCC(=O)NCCNC(=O)O[C@H]1CC[C@@]2(C)C(=CC[C@H]3[C@@H]4CC[C@H]([C@H](C)CCCC(C)C)[C@@]4(C)CC[C@@H]32)C1. The lowest BCUT2D eigenvalue weighted by molar-refractivity contribution is -0.121. The maximum Gasteiger partial charge on any atom is 0.407 e. The number of carbonyl (C=O) groups excluding carboxylic acids is 2. The Balaban J connectivity index is 1.31. The molecule has 0 bridgehead atoms. The highest BCUT2D eigenvalue weighted by Crippen LogP contribution is 2.67. The number of hydrogen-bond donors (Lipinski definition) is 2. The summed E-state index contributed by atoms with van der Waals surface area (Å²) in [6, 6.07) is 0. The fourth-order valence-electron chi connectivity index (χ4n) is 9.63. The van der Waals surface area contributed by atoms with Gasteiger partial charge >= 0.3 is 6.09 Å². The van der Waals surface area contributed by atoms with Crippen molar-refractivity contribution in [2.75, 3.05) is 13.1 Å². The van der Waals surface area contributed by atoms with Crippen LogP contribution in [0.1, 0.15) is 125 Å². The number of nitrogens with one attached hydrogen (secondary N) is 2. The van der Waals surface area contributed by atoms with Crippen molar-refractivity contribution in [3.05, 3.63) is 11.6 Å². The maximum absolute atomic E-state index is 12.4. The highest BCUT2D eigenvalue weighted by molar-refractivity contribution is 5.75. The van der Waals surface area contributed by atoms with E-state index in [1.54, 1.807) is 5.57 Å². The van der Waals surface area contributed by atoms with E-state index in [1.165, 1.54) is 51.4 Å². The van der Waals surface area contributed by atoms with Crippen LogP contribution in [0.4, 0.5) is 4.79 Å². The summed E-state index contributed by atoms with van der Waals surface area (Å²) in [5, 5.41) is 5.65. The summed E-state index contributed by atoms with van der Waals surface area (Å²) in [5.41, 5.74) is 2.35. The van der Waals surface area contributed by atoms with Crippen LogP contribution in [0.3, 0.4) is 0 Å². The lowest BCUT2D eigenvalue weighted by atomic mass is 9.47. The van der Waals surface area contributed by atoms with Gasteiger partial charge < -0.3 is 15.4 Å². The highest BCUT2D eigenvalue weighted by Gasteiger charge is 2.59. The number of rotatable bonds is 11. The van der Waals surface area contributed by atoms with E-state index in [0.717, 1.165) is 61.2 Å². The molecule has 4 aliphatic rings. The number of fused-ring (bicyclic) bond motifs is 5. The standard InChI is InChI=1S/C34H58N2O3/c1-7-9-31(37)35-20-21-36-32(38)39-26-16-18-33(5)25(22-26)12-13-27-29-15-14-28(24(4)11-8-10-23(2)3)34(29,6)19-17-30(27)33/h12,23-24,26-30H,7-11,13-22H2,1-6H3,(H,35,37)(H,36,38)/t24-,26+,27+,28-,29+,30+,33+,34-/m1/s1. The summed E-state index contributed by atoms with van der Waals surface area (Å²) in [4.78, 5) is 24.0. The second kappa shape index (κ2) is 13.0. The smallest absolute Gasteiger partial charge is 0.407 e. The Labute approximate surface area is 239 Å². The van der Waals surface area contributed by atoms with Crippen LogP contribution in [-0.2, 0) is 9.53 Å². The Morgan fingerprint density at radius 3 is 2.51 bits per heavy atom. The zero-order valence-electron chi connectivity index (χ0n) is 26.0. The number of alkyl carbamates (subject to hydrolysis) is 1. The molecule has 2 N–H and O–H groups in total. The van der Waals surface area contributed by atoms with Gasteiger partial charge in [-0.25, -0.2) is 4.79 Å². The molecule has 0 spiro atoms. The van der Waals surface area contributed by atoms with Crippen LogP contribution in [0.5, 0.6) is 0 Å². The number of hydrogen-bond acceptors (Lipinski definition) is 3. The number of amides is 2. The average Bonchev–Trinajstić information content (AvgIpc) is 3.24. The molecular weight excluding hydrogens is 484 g/mol. The molecule has 3 fully saturated rings. The molecule has 2 amide bonds. The minimum Gasteiger partial charge on any atom is -0.446 e. The van der Waals surface area contributed by atoms with Crippen molar-refractivity contribution < 1.29 is 14.3 Å². The van der Waals surface area contributed by atoms with Gasteiger partial charge in [-0.1, -0.05) is 72.5 Å². The van der Waals surface area contributed by atoms with Crippen LogP contribution in [0.2, 0.25) is 0 Å². The third-order valence-corrected chi connectivity index (χ3v) is 11.7. The number of carbonyl (C=O) groups is 2. The maximum atomic E-state index is 12.4. The molecule has 222 valence electrons. The van der Waals surface area contributed by atoms with E-state index < -0.39 is 0 Å². The van der Waals surface area contributed by atoms with E-state index >= 15 is 0 Å². The van der Waals surface area contributed by atoms with Gasteiger partial charge in [0.25, 0.3) is 0 Å². The second-order valence-electron chi connectivity index (χ2n) is 14.6. The highest BCUT2D eigenvalue weighted by atomic mass is 16.6. The molecule has 0 heterocycles. The molecule has 0 aliphatic heterocycles. The first-order valence-corrected chi connectivity index (χ1v) is 16.5. The zero-order valence-corrected chi connectivity index (χ0v) is 26.0. The molecule has 3 saturated carbocycles. The van der Waals surface area contributed by atoms with E-state index in [9.17, 15) is 9.59 Å². The molecule has 0 unspecified atom stereocenters. The number of ether oxygens (including phenoxy) is 1. The second-order valence-corrected chi connectivity index (χ2v) is 14.6. The molecular formula is C34H58N2O3. The van der Waals surface area contributed by atoms with Crippen LogP contribution in [-0.4, -0.2) is 31.2 Å². The molecule has 0 aromatic rings. The molecule has 0 aromatic heterocycles. The summed E-state index contributed by atoms with van der Waals surface area (Å²) < 4.78 is 5.84. The summed E-state index contributed by atoms with van der Waals surface area (Å²) >= 11 is 0. The van der Waals surface area contributed by atoms with Gasteiger partial charge in [-0.3, -0.25) is 4.79 Å². The molecule has 5 nitrogen and oxygen atoms in total.